The molecule has 3 N–H and O–H groups in total. The summed E-state index contributed by atoms with van der Waals surface area (Å²) in [6.45, 7) is 5.92. The Morgan fingerprint density at radius 2 is 2.15 bits per heavy atom. The van der Waals surface area contributed by atoms with Gasteiger partial charge in [0.2, 0.25) is 5.91 Å². The van der Waals surface area contributed by atoms with Gasteiger partial charge >= 0.3 is 0 Å². The molecule has 4 nitrogen and oxygen atoms in total. The van der Waals surface area contributed by atoms with Gasteiger partial charge in [-0.25, -0.2) is 0 Å². The number of carbonyl (C=O) groups excluding carboxylic acids is 1. The summed E-state index contributed by atoms with van der Waals surface area (Å²) < 4.78 is 5.24. The Bertz CT molecular complexity index is 140. The van der Waals surface area contributed by atoms with Crippen molar-refractivity contribution in [1.29, 1.82) is 0 Å². The third-order valence-corrected chi connectivity index (χ3v) is 1.62. The number of nitrogens with one attached hydrogen (secondary N) is 1. The highest BCUT2D eigenvalue weighted by molar-refractivity contribution is 5.79. The number of hydrogen-bond donors (Lipinski definition) is 2. The molecule has 0 aliphatic carbocycles. The van der Waals surface area contributed by atoms with Crippen molar-refractivity contribution in [2.45, 2.75) is 32.7 Å². The minimum absolute atomic E-state index is 0.341. The van der Waals surface area contributed by atoms with Crippen LogP contribution in [0.15, 0.2) is 0 Å². The van der Waals surface area contributed by atoms with Gasteiger partial charge in [0, 0.05) is 6.61 Å². The Labute approximate surface area is 79.8 Å². The van der Waals surface area contributed by atoms with Gasteiger partial charge < -0.3 is 15.8 Å². The van der Waals surface area contributed by atoms with E-state index in [0.717, 1.165) is 19.4 Å². The Hall–Kier alpha value is -0.610. The summed E-state index contributed by atoms with van der Waals surface area (Å²) in [4.78, 5) is 10.9. The van der Waals surface area contributed by atoms with Crippen molar-refractivity contribution in [2.75, 3.05) is 19.8 Å². The van der Waals surface area contributed by atoms with E-state index in [-0.39, 0.29) is 11.9 Å². The molecule has 0 aliphatic rings. The highest BCUT2D eigenvalue weighted by atomic mass is 16.5. The molecule has 78 valence electrons. The zero-order valence-electron chi connectivity index (χ0n) is 8.51. The molecule has 0 aliphatic heterocycles. The second kappa shape index (κ2) is 8.01. The zero-order chi connectivity index (χ0) is 10.1. The van der Waals surface area contributed by atoms with Gasteiger partial charge in [-0.2, -0.15) is 0 Å². The van der Waals surface area contributed by atoms with E-state index in [1.54, 1.807) is 0 Å². The first-order valence-corrected chi connectivity index (χ1v) is 4.82. The van der Waals surface area contributed by atoms with E-state index in [1.165, 1.54) is 0 Å². The standard InChI is InChI=1S/C9H20N2O2/c1-3-5-11-8(9(10)12)7-13-6-4-2/h8,11H,3-7H2,1-2H3,(H2,10,12). The number of nitrogens with two attached hydrogens (primary N) is 1. The molecular formula is C9H20N2O2. The van der Waals surface area contributed by atoms with Crippen molar-refractivity contribution in [3.63, 3.8) is 0 Å². The average molecular weight is 188 g/mol. The quantitative estimate of drug-likeness (QED) is 0.537. The number of rotatable bonds is 8. The van der Waals surface area contributed by atoms with Crippen molar-refractivity contribution >= 4 is 5.91 Å². The lowest BCUT2D eigenvalue weighted by Gasteiger charge is -2.14. The fourth-order valence-corrected chi connectivity index (χ4v) is 0.906. The van der Waals surface area contributed by atoms with Crippen LogP contribution in [-0.4, -0.2) is 31.7 Å². The summed E-state index contributed by atoms with van der Waals surface area (Å²) in [5, 5.41) is 3.03. The maximum absolute atomic E-state index is 10.9. The summed E-state index contributed by atoms with van der Waals surface area (Å²) in [5.74, 6) is -0.343. The third-order valence-electron chi connectivity index (χ3n) is 1.62. The second-order valence-electron chi connectivity index (χ2n) is 2.98. The van der Waals surface area contributed by atoms with E-state index < -0.39 is 0 Å². The molecule has 0 aromatic rings. The summed E-state index contributed by atoms with van der Waals surface area (Å²) in [6, 6.07) is -0.341. The number of primary amides is 1. The molecule has 0 saturated heterocycles. The minimum Gasteiger partial charge on any atom is -0.379 e. The van der Waals surface area contributed by atoms with E-state index in [4.69, 9.17) is 10.5 Å². The van der Waals surface area contributed by atoms with Gasteiger partial charge in [-0.1, -0.05) is 13.8 Å². The lowest BCUT2D eigenvalue weighted by molar-refractivity contribution is -0.121. The molecule has 0 aromatic heterocycles. The third kappa shape index (κ3) is 6.54. The fraction of sp³-hybridized carbons (Fsp3) is 0.889. The number of carbonyl (C=O) groups is 1. The smallest absolute Gasteiger partial charge is 0.236 e. The van der Waals surface area contributed by atoms with Crippen LogP contribution >= 0.6 is 0 Å². The first kappa shape index (κ1) is 12.4. The lowest BCUT2D eigenvalue weighted by atomic mass is 10.3. The SMILES string of the molecule is CCCNC(COCCC)C(N)=O. The van der Waals surface area contributed by atoms with E-state index >= 15 is 0 Å². The van der Waals surface area contributed by atoms with E-state index in [9.17, 15) is 4.79 Å². The zero-order valence-corrected chi connectivity index (χ0v) is 8.51. The molecule has 0 fully saturated rings. The van der Waals surface area contributed by atoms with Gasteiger partial charge in [-0.3, -0.25) is 4.79 Å². The van der Waals surface area contributed by atoms with Crippen LogP contribution in [-0.2, 0) is 9.53 Å². The predicted molar refractivity (Wildman–Crippen MR) is 52.4 cm³/mol. The van der Waals surface area contributed by atoms with Crippen molar-refractivity contribution < 1.29 is 9.53 Å². The van der Waals surface area contributed by atoms with Crippen LogP contribution in [0.5, 0.6) is 0 Å². The summed E-state index contributed by atoms with van der Waals surface area (Å²) in [5.41, 5.74) is 5.18. The molecule has 0 saturated carbocycles. The number of ether oxygens (including phenoxy) is 1. The Kier molecular flexibility index (Phi) is 7.63. The highest BCUT2D eigenvalue weighted by Crippen LogP contribution is 1.88. The summed E-state index contributed by atoms with van der Waals surface area (Å²) >= 11 is 0. The van der Waals surface area contributed by atoms with Gasteiger partial charge in [-0.05, 0) is 19.4 Å². The molecule has 1 unspecified atom stereocenters. The van der Waals surface area contributed by atoms with Crippen LogP contribution < -0.4 is 11.1 Å². The van der Waals surface area contributed by atoms with Crippen LogP contribution in [0.25, 0.3) is 0 Å². The van der Waals surface area contributed by atoms with E-state index in [2.05, 4.69) is 5.32 Å². The average Bonchev–Trinajstić information content (AvgIpc) is 2.10. The van der Waals surface area contributed by atoms with Crippen LogP contribution in [0.2, 0.25) is 0 Å². The molecule has 0 heterocycles. The monoisotopic (exact) mass is 188 g/mol. The molecule has 0 radical (unpaired) electrons. The van der Waals surface area contributed by atoms with Crippen molar-refractivity contribution in [3.8, 4) is 0 Å². The van der Waals surface area contributed by atoms with Crippen molar-refractivity contribution in [1.82, 2.24) is 5.32 Å². The lowest BCUT2D eigenvalue weighted by Crippen LogP contribution is -2.44. The largest absolute Gasteiger partial charge is 0.379 e. The van der Waals surface area contributed by atoms with Crippen molar-refractivity contribution in [3.05, 3.63) is 0 Å². The molecule has 13 heavy (non-hydrogen) atoms. The molecule has 0 aromatic carbocycles. The molecule has 1 amide bonds. The van der Waals surface area contributed by atoms with Crippen LogP contribution in [0.3, 0.4) is 0 Å². The predicted octanol–water partition coefficient (Wildman–Crippen LogP) is 0.267. The first-order valence-electron chi connectivity index (χ1n) is 4.82. The summed E-state index contributed by atoms with van der Waals surface area (Å²) in [7, 11) is 0. The van der Waals surface area contributed by atoms with Crippen LogP contribution in [0.4, 0.5) is 0 Å². The normalized spacial score (nSPS) is 12.8. The molecule has 0 bridgehead atoms. The summed E-state index contributed by atoms with van der Waals surface area (Å²) in [6.07, 6.45) is 1.94. The highest BCUT2D eigenvalue weighted by Gasteiger charge is 2.13. The van der Waals surface area contributed by atoms with Crippen LogP contribution in [0, 0.1) is 0 Å². The Morgan fingerprint density at radius 3 is 2.62 bits per heavy atom. The van der Waals surface area contributed by atoms with Crippen LogP contribution in [0.1, 0.15) is 26.7 Å². The van der Waals surface area contributed by atoms with E-state index in [0.29, 0.717) is 13.2 Å². The van der Waals surface area contributed by atoms with Gasteiger partial charge in [0.05, 0.1) is 6.61 Å². The number of amides is 1. The number of hydrogen-bond acceptors (Lipinski definition) is 3. The van der Waals surface area contributed by atoms with Gasteiger partial charge in [0.25, 0.3) is 0 Å². The van der Waals surface area contributed by atoms with Gasteiger partial charge in [-0.15, -0.1) is 0 Å². The maximum atomic E-state index is 10.9. The Morgan fingerprint density at radius 1 is 1.46 bits per heavy atom. The fourth-order valence-electron chi connectivity index (χ4n) is 0.906. The second-order valence-corrected chi connectivity index (χ2v) is 2.98. The molecule has 1 atom stereocenters. The topological polar surface area (TPSA) is 64.3 Å². The molecule has 0 spiro atoms. The van der Waals surface area contributed by atoms with E-state index in [1.807, 2.05) is 13.8 Å². The van der Waals surface area contributed by atoms with Gasteiger partial charge in [0.15, 0.2) is 0 Å². The minimum atomic E-state index is -0.343. The molecule has 4 heteroatoms. The Balaban J connectivity index is 3.61. The molecular weight excluding hydrogens is 168 g/mol. The molecule has 0 rings (SSSR count). The van der Waals surface area contributed by atoms with Crippen molar-refractivity contribution in [2.24, 2.45) is 5.73 Å². The van der Waals surface area contributed by atoms with Gasteiger partial charge in [0.1, 0.15) is 6.04 Å². The first-order chi connectivity index (χ1) is 6.22. The maximum Gasteiger partial charge on any atom is 0.236 e.